The van der Waals surface area contributed by atoms with Gasteiger partial charge in [-0.2, -0.15) is 5.06 Å². The SMILES string of the molecule is COc1cc(CN(C)O)cc(OC)c1Br. The molecule has 0 bridgehead atoms. The van der Waals surface area contributed by atoms with E-state index in [9.17, 15) is 0 Å². The Morgan fingerprint density at radius 3 is 2.07 bits per heavy atom. The molecule has 4 nitrogen and oxygen atoms in total. The van der Waals surface area contributed by atoms with Gasteiger partial charge in [-0.25, -0.2) is 0 Å². The fourth-order valence-corrected chi connectivity index (χ4v) is 1.83. The summed E-state index contributed by atoms with van der Waals surface area (Å²) in [6.07, 6.45) is 0. The highest BCUT2D eigenvalue weighted by atomic mass is 79.9. The lowest BCUT2D eigenvalue weighted by Gasteiger charge is -2.13. The van der Waals surface area contributed by atoms with Crippen LogP contribution in [0.5, 0.6) is 11.5 Å². The van der Waals surface area contributed by atoms with Crippen molar-refractivity contribution in [3.63, 3.8) is 0 Å². The highest BCUT2D eigenvalue weighted by molar-refractivity contribution is 9.10. The summed E-state index contributed by atoms with van der Waals surface area (Å²) in [4.78, 5) is 0. The molecule has 1 N–H and O–H groups in total. The van der Waals surface area contributed by atoms with Crippen LogP contribution in [0.3, 0.4) is 0 Å². The number of hydroxylamine groups is 2. The van der Waals surface area contributed by atoms with E-state index in [1.54, 1.807) is 21.3 Å². The van der Waals surface area contributed by atoms with E-state index in [0.717, 1.165) is 15.1 Å². The van der Waals surface area contributed by atoms with Crippen LogP contribution in [0.25, 0.3) is 0 Å². The number of halogens is 1. The van der Waals surface area contributed by atoms with Crippen molar-refractivity contribution in [2.24, 2.45) is 0 Å². The third kappa shape index (κ3) is 3.09. The fraction of sp³-hybridized carbons (Fsp3) is 0.400. The Morgan fingerprint density at radius 2 is 1.73 bits per heavy atom. The Morgan fingerprint density at radius 1 is 1.27 bits per heavy atom. The minimum Gasteiger partial charge on any atom is -0.495 e. The molecule has 0 spiro atoms. The molecule has 0 radical (unpaired) electrons. The molecule has 0 unspecified atom stereocenters. The van der Waals surface area contributed by atoms with Gasteiger partial charge in [-0.05, 0) is 33.6 Å². The Balaban J connectivity index is 3.09. The van der Waals surface area contributed by atoms with E-state index in [1.807, 2.05) is 12.1 Å². The Bertz CT molecular complexity index is 316. The molecule has 1 aromatic carbocycles. The van der Waals surface area contributed by atoms with Gasteiger partial charge in [-0.1, -0.05) is 0 Å². The molecule has 0 heterocycles. The maximum Gasteiger partial charge on any atom is 0.137 e. The number of benzene rings is 1. The minimum atomic E-state index is 0.417. The molecular formula is C10H14BrNO3. The monoisotopic (exact) mass is 275 g/mol. The largest absolute Gasteiger partial charge is 0.495 e. The van der Waals surface area contributed by atoms with Crippen LogP contribution in [0.2, 0.25) is 0 Å². The van der Waals surface area contributed by atoms with Crippen LogP contribution < -0.4 is 9.47 Å². The molecule has 84 valence electrons. The Hall–Kier alpha value is -0.780. The Kier molecular flexibility index (Phi) is 4.38. The lowest BCUT2D eigenvalue weighted by molar-refractivity contribution is -0.0732. The first kappa shape index (κ1) is 12.3. The van der Waals surface area contributed by atoms with E-state index >= 15 is 0 Å². The second-order valence-electron chi connectivity index (χ2n) is 3.13. The highest BCUT2D eigenvalue weighted by Crippen LogP contribution is 2.35. The zero-order valence-electron chi connectivity index (χ0n) is 8.95. The topological polar surface area (TPSA) is 41.9 Å². The molecule has 0 atom stereocenters. The molecule has 0 saturated heterocycles. The average Bonchev–Trinajstić information content (AvgIpc) is 2.19. The summed E-state index contributed by atoms with van der Waals surface area (Å²) < 4.78 is 11.1. The van der Waals surface area contributed by atoms with Gasteiger partial charge in [-0.15, -0.1) is 0 Å². The summed E-state index contributed by atoms with van der Waals surface area (Å²) in [6.45, 7) is 0.417. The van der Waals surface area contributed by atoms with Crippen molar-refractivity contribution in [2.75, 3.05) is 21.3 Å². The van der Waals surface area contributed by atoms with E-state index in [-0.39, 0.29) is 0 Å². The van der Waals surface area contributed by atoms with Crippen molar-refractivity contribution in [3.05, 3.63) is 22.2 Å². The molecule has 0 saturated carbocycles. The molecule has 0 fully saturated rings. The highest BCUT2D eigenvalue weighted by Gasteiger charge is 2.10. The first-order valence-corrected chi connectivity index (χ1v) is 5.18. The van der Waals surface area contributed by atoms with Gasteiger partial charge in [0.2, 0.25) is 0 Å². The average molecular weight is 276 g/mol. The maximum atomic E-state index is 9.14. The van der Waals surface area contributed by atoms with Crippen LogP contribution in [0.4, 0.5) is 0 Å². The number of rotatable bonds is 4. The minimum absolute atomic E-state index is 0.417. The first-order valence-electron chi connectivity index (χ1n) is 4.39. The van der Waals surface area contributed by atoms with E-state index in [0.29, 0.717) is 18.0 Å². The van der Waals surface area contributed by atoms with Crippen LogP contribution in [0, 0.1) is 0 Å². The predicted octanol–water partition coefficient (Wildman–Crippen LogP) is 2.29. The van der Waals surface area contributed by atoms with E-state index in [4.69, 9.17) is 14.7 Å². The molecular weight excluding hydrogens is 262 g/mol. The molecule has 1 aromatic rings. The summed E-state index contributed by atoms with van der Waals surface area (Å²) in [5, 5.41) is 10.2. The van der Waals surface area contributed by atoms with Gasteiger partial charge in [0.1, 0.15) is 16.0 Å². The second kappa shape index (κ2) is 5.34. The third-order valence-corrected chi connectivity index (χ3v) is 2.70. The van der Waals surface area contributed by atoms with Gasteiger partial charge < -0.3 is 14.7 Å². The normalized spacial score (nSPS) is 10.5. The molecule has 1 rings (SSSR count). The summed E-state index contributed by atoms with van der Waals surface area (Å²) in [5.74, 6) is 1.37. The molecule has 0 aliphatic heterocycles. The predicted molar refractivity (Wildman–Crippen MR) is 60.5 cm³/mol. The number of hydrogen-bond acceptors (Lipinski definition) is 4. The van der Waals surface area contributed by atoms with Crippen molar-refractivity contribution in [3.8, 4) is 11.5 Å². The van der Waals surface area contributed by atoms with Gasteiger partial charge in [0.05, 0.1) is 14.2 Å². The standard InChI is InChI=1S/C10H14BrNO3/c1-12(13)6-7-4-8(14-2)10(11)9(5-7)15-3/h4-5,13H,6H2,1-3H3. The summed E-state index contributed by atoms with van der Waals surface area (Å²) in [5.41, 5.74) is 0.914. The quantitative estimate of drug-likeness (QED) is 0.857. The summed E-state index contributed by atoms with van der Waals surface area (Å²) in [7, 11) is 4.76. The van der Waals surface area contributed by atoms with Gasteiger partial charge in [-0.3, -0.25) is 0 Å². The van der Waals surface area contributed by atoms with Crippen molar-refractivity contribution in [1.29, 1.82) is 0 Å². The lowest BCUT2D eigenvalue weighted by atomic mass is 10.2. The summed E-state index contributed by atoms with van der Waals surface area (Å²) in [6, 6.07) is 3.69. The first-order chi connectivity index (χ1) is 7.08. The maximum absolute atomic E-state index is 9.14. The molecule has 0 aromatic heterocycles. The van der Waals surface area contributed by atoms with E-state index in [2.05, 4.69) is 15.9 Å². The molecule has 0 aliphatic carbocycles. The smallest absolute Gasteiger partial charge is 0.137 e. The van der Waals surface area contributed by atoms with Crippen molar-refractivity contribution >= 4 is 15.9 Å². The van der Waals surface area contributed by atoms with Crippen molar-refractivity contribution < 1.29 is 14.7 Å². The summed E-state index contributed by atoms with van der Waals surface area (Å²) >= 11 is 3.38. The van der Waals surface area contributed by atoms with Gasteiger partial charge in [0.15, 0.2) is 0 Å². The van der Waals surface area contributed by atoms with E-state index < -0.39 is 0 Å². The lowest BCUT2D eigenvalue weighted by Crippen LogP contribution is -2.11. The van der Waals surface area contributed by atoms with Crippen LogP contribution in [-0.2, 0) is 6.54 Å². The molecule has 15 heavy (non-hydrogen) atoms. The van der Waals surface area contributed by atoms with Crippen LogP contribution in [0.1, 0.15) is 5.56 Å². The zero-order valence-corrected chi connectivity index (χ0v) is 10.5. The van der Waals surface area contributed by atoms with Crippen molar-refractivity contribution in [1.82, 2.24) is 5.06 Å². The van der Waals surface area contributed by atoms with Gasteiger partial charge in [0.25, 0.3) is 0 Å². The Labute approximate surface area is 97.5 Å². The van der Waals surface area contributed by atoms with Crippen LogP contribution in [0.15, 0.2) is 16.6 Å². The number of methoxy groups -OCH3 is 2. The number of hydrogen-bond donors (Lipinski definition) is 1. The van der Waals surface area contributed by atoms with Gasteiger partial charge >= 0.3 is 0 Å². The third-order valence-electron chi connectivity index (χ3n) is 1.92. The number of nitrogens with zero attached hydrogens (tertiary/aromatic N) is 1. The molecule has 0 aliphatic rings. The van der Waals surface area contributed by atoms with Crippen LogP contribution in [-0.4, -0.2) is 31.5 Å². The number of ether oxygens (including phenoxy) is 2. The fourth-order valence-electron chi connectivity index (χ4n) is 1.28. The van der Waals surface area contributed by atoms with Crippen LogP contribution >= 0.6 is 15.9 Å². The zero-order chi connectivity index (χ0) is 11.4. The molecule has 5 heteroatoms. The van der Waals surface area contributed by atoms with E-state index in [1.165, 1.54) is 0 Å². The second-order valence-corrected chi connectivity index (χ2v) is 3.92. The molecule has 0 amide bonds. The van der Waals surface area contributed by atoms with Gasteiger partial charge in [0, 0.05) is 13.6 Å². The van der Waals surface area contributed by atoms with Crippen molar-refractivity contribution in [2.45, 2.75) is 6.54 Å².